The highest BCUT2D eigenvalue weighted by Gasteiger charge is 2.16. The second-order valence-corrected chi connectivity index (χ2v) is 18.1. The summed E-state index contributed by atoms with van der Waals surface area (Å²) >= 11 is 0. The first-order valence-corrected chi connectivity index (χ1v) is 27.4. The number of esters is 6. The van der Waals surface area contributed by atoms with E-state index in [4.69, 9.17) is 28.4 Å². The molecule has 71 heavy (non-hydrogen) atoms. The van der Waals surface area contributed by atoms with E-state index in [1.165, 1.54) is 12.8 Å². The lowest BCUT2D eigenvalue weighted by molar-refractivity contribution is -0.167. The number of hydrogen-bond donors (Lipinski definition) is 2. The largest absolute Gasteiger partial charge is 1.00 e. The first-order valence-electron chi connectivity index (χ1n) is 27.4. The van der Waals surface area contributed by atoms with Crippen molar-refractivity contribution < 1.29 is 82.0 Å². The number of unbranched alkanes of at least 4 members (excludes halogenated alkanes) is 16. The van der Waals surface area contributed by atoms with Gasteiger partial charge in [0.2, 0.25) is 6.79 Å². The van der Waals surface area contributed by atoms with Gasteiger partial charge >= 0.3 is 35.8 Å². The zero-order chi connectivity index (χ0) is 50.7. The smallest absolute Gasteiger partial charge is 0.308 e. The molecule has 2 unspecified atom stereocenters. The number of ether oxygens (including phenoxy) is 6. The molecule has 2 N–H and O–H groups in total. The Labute approximate surface area is 442 Å². The highest BCUT2D eigenvalue weighted by atomic mass is 35.5. The minimum absolute atomic E-state index is 0. The van der Waals surface area contributed by atoms with E-state index in [0.717, 1.165) is 154 Å². The van der Waals surface area contributed by atoms with Crippen LogP contribution in [-0.4, -0.2) is 81.4 Å². The molecule has 0 bridgehead atoms. The van der Waals surface area contributed by atoms with Crippen LogP contribution in [0, 0.1) is 0 Å². The van der Waals surface area contributed by atoms with Gasteiger partial charge in [-0.1, -0.05) is 129 Å². The van der Waals surface area contributed by atoms with Crippen LogP contribution in [0.5, 0.6) is 0 Å². The molecular formula is C55H98Cl2N2O12-2. The summed E-state index contributed by atoms with van der Waals surface area (Å²) < 4.78 is 32.1. The molecule has 0 amide bonds. The van der Waals surface area contributed by atoms with Crippen molar-refractivity contribution in [3.05, 3.63) is 24.3 Å². The molecule has 0 fully saturated rings. The fraction of sp³-hybridized carbons (Fsp3) is 0.818. The lowest BCUT2D eigenvalue weighted by atomic mass is 10.1. The average molecular weight is 1050 g/mol. The van der Waals surface area contributed by atoms with E-state index in [0.29, 0.717) is 38.5 Å². The van der Waals surface area contributed by atoms with Crippen LogP contribution in [0.25, 0.3) is 0 Å². The van der Waals surface area contributed by atoms with Gasteiger partial charge in [0, 0.05) is 51.4 Å². The molecule has 0 saturated carbocycles. The molecule has 0 aliphatic rings. The maximum atomic E-state index is 12.5. The summed E-state index contributed by atoms with van der Waals surface area (Å²) in [6.45, 7) is 10.1. The van der Waals surface area contributed by atoms with Gasteiger partial charge in [-0.15, -0.1) is 0 Å². The Balaban J connectivity index is -0.0000231. The predicted octanol–water partition coefficient (Wildman–Crippen LogP) is 6.50. The minimum Gasteiger partial charge on any atom is -1.00 e. The maximum Gasteiger partial charge on any atom is 0.308 e. The van der Waals surface area contributed by atoms with Crippen molar-refractivity contribution in [2.75, 3.05) is 33.3 Å². The van der Waals surface area contributed by atoms with Crippen LogP contribution >= 0.6 is 0 Å². The Morgan fingerprint density at radius 1 is 0.366 bits per heavy atom. The molecule has 0 aliphatic carbocycles. The van der Waals surface area contributed by atoms with Crippen molar-refractivity contribution in [3.8, 4) is 0 Å². The summed E-state index contributed by atoms with van der Waals surface area (Å²) in [7, 11) is 0. The fourth-order valence-electron chi connectivity index (χ4n) is 7.36. The van der Waals surface area contributed by atoms with Gasteiger partial charge in [-0.05, 0) is 103 Å². The van der Waals surface area contributed by atoms with Crippen molar-refractivity contribution in [1.82, 2.24) is 10.6 Å². The van der Waals surface area contributed by atoms with E-state index in [9.17, 15) is 28.8 Å². The number of rotatable bonds is 50. The number of allylic oxidation sites excluding steroid dienone is 2. The van der Waals surface area contributed by atoms with Gasteiger partial charge in [-0.2, -0.15) is 0 Å². The highest BCUT2D eigenvalue weighted by Crippen LogP contribution is 2.17. The Bertz CT molecular complexity index is 1250. The summed E-state index contributed by atoms with van der Waals surface area (Å²) in [4.78, 5) is 73.0. The van der Waals surface area contributed by atoms with Crippen molar-refractivity contribution in [2.45, 2.75) is 258 Å². The zero-order valence-corrected chi connectivity index (χ0v) is 46.2. The topological polar surface area (TPSA) is 182 Å². The van der Waals surface area contributed by atoms with E-state index in [-0.39, 0.29) is 119 Å². The lowest BCUT2D eigenvalue weighted by Crippen LogP contribution is -3.00. The minimum atomic E-state index is -0.354. The van der Waals surface area contributed by atoms with E-state index in [1.54, 1.807) is 0 Å². The Morgan fingerprint density at radius 2 is 0.704 bits per heavy atom. The normalized spacial score (nSPS) is 11.9. The molecule has 0 heterocycles. The zero-order valence-electron chi connectivity index (χ0n) is 44.7. The molecule has 2 atom stereocenters. The molecule has 0 aromatic rings. The van der Waals surface area contributed by atoms with Gasteiger partial charge in [-0.3, -0.25) is 39.4 Å². The SMILES string of the molecule is CCCCCCC(C/C=C\CCCCCCCC(=O)OCOC(=O)CCCCCCC/C=C\CC(CCCCCC)OC(=O)CCCC(=O)OCNCCC)OC(=O)CCCC(=O)OCNCCC.[Cl-].[Cl-]. The van der Waals surface area contributed by atoms with Crippen LogP contribution in [-0.2, 0) is 57.2 Å². The summed E-state index contributed by atoms with van der Waals surface area (Å²) in [6, 6.07) is 0. The molecule has 0 aromatic carbocycles. The van der Waals surface area contributed by atoms with E-state index >= 15 is 0 Å². The maximum absolute atomic E-state index is 12.5. The molecule has 0 aliphatic heterocycles. The van der Waals surface area contributed by atoms with Gasteiger partial charge in [0.15, 0.2) is 0 Å². The second kappa shape index (κ2) is 56.1. The monoisotopic (exact) mass is 1050 g/mol. The van der Waals surface area contributed by atoms with Crippen LogP contribution in [0.4, 0.5) is 0 Å². The van der Waals surface area contributed by atoms with E-state index < -0.39 is 0 Å². The van der Waals surface area contributed by atoms with Gasteiger partial charge < -0.3 is 53.2 Å². The van der Waals surface area contributed by atoms with Crippen LogP contribution in [0.1, 0.15) is 246 Å². The number of carbonyl (C=O) groups excluding carboxylic acids is 6. The van der Waals surface area contributed by atoms with Crippen LogP contribution in [0.2, 0.25) is 0 Å². The van der Waals surface area contributed by atoms with Crippen LogP contribution in [0.15, 0.2) is 24.3 Å². The Morgan fingerprint density at radius 3 is 1.10 bits per heavy atom. The first kappa shape index (κ1) is 72.0. The van der Waals surface area contributed by atoms with Crippen molar-refractivity contribution in [2.24, 2.45) is 0 Å². The van der Waals surface area contributed by atoms with Crippen molar-refractivity contribution in [3.63, 3.8) is 0 Å². The molecule has 0 saturated heterocycles. The first-order chi connectivity index (χ1) is 33.6. The molecule has 416 valence electrons. The Kier molecular flexibility index (Phi) is 56.9. The van der Waals surface area contributed by atoms with Gasteiger partial charge in [-0.25, -0.2) is 0 Å². The molecule has 0 aromatic heterocycles. The summed E-state index contributed by atoms with van der Waals surface area (Å²) in [5, 5.41) is 6.04. The van der Waals surface area contributed by atoms with Crippen molar-refractivity contribution in [1.29, 1.82) is 0 Å². The highest BCUT2D eigenvalue weighted by molar-refractivity contribution is 5.73. The number of hydrogen-bond acceptors (Lipinski definition) is 14. The predicted molar refractivity (Wildman–Crippen MR) is 273 cm³/mol. The summed E-state index contributed by atoms with van der Waals surface area (Å²) in [6.07, 6.45) is 35.8. The number of nitrogens with one attached hydrogen (secondary N) is 2. The summed E-state index contributed by atoms with van der Waals surface area (Å²) in [5.41, 5.74) is 0. The van der Waals surface area contributed by atoms with Gasteiger partial charge in [0.1, 0.15) is 25.7 Å². The molecule has 14 nitrogen and oxygen atoms in total. The van der Waals surface area contributed by atoms with Gasteiger partial charge in [0.05, 0.1) is 0 Å². The molecule has 0 radical (unpaired) electrons. The average Bonchev–Trinajstić information content (AvgIpc) is 3.32. The fourth-order valence-corrected chi connectivity index (χ4v) is 7.36. The lowest BCUT2D eigenvalue weighted by Gasteiger charge is -2.16. The Hall–Kier alpha value is -3.20. The van der Waals surface area contributed by atoms with E-state index in [2.05, 4.69) is 48.8 Å². The quantitative estimate of drug-likeness (QED) is 0.0222. The third kappa shape index (κ3) is 52.9. The third-order valence-electron chi connectivity index (χ3n) is 11.5. The molecule has 0 spiro atoms. The number of carbonyl (C=O) groups is 6. The van der Waals surface area contributed by atoms with Crippen LogP contribution < -0.4 is 35.4 Å². The van der Waals surface area contributed by atoms with Gasteiger partial charge in [0.25, 0.3) is 0 Å². The number of halogens is 2. The molecule has 16 heteroatoms. The third-order valence-corrected chi connectivity index (χ3v) is 11.5. The molecule has 0 rings (SSSR count). The van der Waals surface area contributed by atoms with E-state index in [1.807, 2.05) is 13.8 Å². The molecular weight excluding hydrogens is 952 g/mol. The second-order valence-electron chi connectivity index (χ2n) is 18.1. The standard InChI is InChI=1S/C55H98N2O12.2ClH/c1-5-9-11-25-33-48(68-54(62)41-31-39-50(58)64-45-56-43-7-3)35-27-21-17-13-15-19-23-29-37-52(60)66-47-67-53(61)38-30-24-20-16-14-18-22-28-36-49(34-26-12-10-6-2)69-55(63)42-32-40-51(59)65-46-57-44-8-4;;/h21-22,27-28,48-49,56-57H,5-20,23-26,29-47H2,1-4H3;2*1H/p-2/b27-21-,28-22-;;. The summed E-state index contributed by atoms with van der Waals surface area (Å²) in [5.74, 6) is -1.85. The van der Waals surface area contributed by atoms with Crippen molar-refractivity contribution >= 4 is 35.8 Å². The van der Waals surface area contributed by atoms with Crippen LogP contribution in [0.3, 0.4) is 0 Å².